The fourth-order valence-electron chi connectivity index (χ4n) is 1.29. The summed E-state index contributed by atoms with van der Waals surface area (Å²) in [5, 5.41) is 3.30. The first-order chi connectivity index (χ1) is 7.16. The molecule has 1 heterocycles. The topological polar surface area (TPSA) is 45.2 Å². The van der Waals surface area contributed by atoms with E-state index < -0.39 is 0 Å². The minimum absolute atomic E-state index is 0.0136. The highest BCUT2D eigenvalue weighted by Gasteiger charge is 2.21. The van der Waals surface area contributed by atoms with Crippen LogP contribution < -0.4 is 10.2 Å². The predicted octanol–water partition coefficient (Wildman–Crippen LogP) is 1.64. The number of anilines is 2. The number of rotatable bonds is 3. The number of carbonyl (C=O) groups excluding carboxylic acids is 1. The van der Waals surface area contributed by atoms with Crippen LogP contribution in [0, 0.1) is 0 Å². The van der Waals surface area contributed by atoms with Crippen LogP contribution in [0.3, 0.4) is 0 Å². The standard InChI is InChI=1S/C11H15N3O/c1-8(15)14(2)10-5-6-11(12-7-10)13-9-3-4-9/h5-7,9H,3-4H2,1-2H3,(H,12,13). The summed E-state index contributed by atoms with van der Waals surface area (Å²) in [6.45, 7) is 1.54. The molecule has 1 aromatic rings. The Labute approximate surface area is 89.3 Å². The lowest BCUT2D eigenvalue weighted by Crippen LogP contribution is -2.22. The molecule has 0 saturated heterocycles. The summed E-state index contributed by atoms with van der Waals surface area (Å²) in [7, 11) is 1.74. The van der Waals surface area contributed by atoms with Gasteiger partial charge >= 0.3 is 0 Å². The van der Waals surface area contributed by atoms with Crippen LogP contribution in [0.4, 0.5) is 11.5 Å². The van der Waals surface area contributed by atoms with Crippen molar-refractivity contribution in [2.45, 2.75) is 25.8 Å². The monoisotopic (exact) mass is 205 g/mol. The molecule has 0 aliphatic heterocycles. The van der Waals surface area contributed by atoms with Gasteiger partial charge in [-0.25, -0.2) is 4.98 Å². The van der Waals surface area contributed by atoms with Crippen LogP contribution in [0.2, 0.25) is 0 Å². The van der Waals surface area contributed by atoms with E-state index in [-0.39, 0.29) is 5.91 Å². The van der Waals surface area contributed by atoms with E-state index in [0.717, 1.165) is 11.5 Å². The molecule has 1 aliphatic carbocycles. The first-order valence-corrected chi connectivity index (χ1v) is 5.13. The minimum Gasteiger partial charge on any atom is -0.367 e. The van der Waals surface area contributed by atoms with Crippen LogP contribution in [0.25, 0.3) is 0 Å². The molecular weight excluding hydrogens is 190 g/mol. The Morgan fingerprint density at radius 3 is 2.73 bits per heavy atom. The van der Waals surface area contributed by atoms with E-state index in [1.807, 2.05) is 12.1 Å². The fourth-order valence-corrected chi connectivity index (χ4v) is 1.29. The van der Waals surface area contributed by atoms with Gasteiger partial charge in [0.15, 0.2) is 0 Å². The maximum atomic E-state index is 11.1. The van der Waals surface area contributed by atoms with E-state index >= 15 is 0 Å². The number of nitrogens with one attached hydrogen (secondary N) is 1. The van der Waals surface area contributed by atoms with Crippen molar-refractivity contribution in [3.8, 4) is 0 Å². The smallest absolute Gasteiger partial charge is 0.223 e. The summed E-state index contributed by atoms with van der Waals surface area (Å²) in [6, 6.07) is 4.42. The van der Waals surface area contributed by atoms with Crippen LogP contribution in [-0.4, -0.2) is 24.0 Å². The van der Waals surface area contributed by atoms with Gasteiger partial charge in [-0.3, -0.25) is 4.79 Å². The molecule has 1 saturated carbocycles. The second-order valence-electron chi connectivity index (χ2n) is 3.90. The Hall–Kier alpha value is -1.58. The molecule has 0 atom stereocenters. The Kier molecular flexibility index (Phi) is 2.58. The summed E-state index contributed by atoms with van der Waals surface area (Å²) in [4.78, 5) is 16.9. The van der Waals surface area contributed by atoms with E-state index in [1.54, 1.807) is 18.1 Å². The van der Waals surface area contributed by atoms with Crippen LogP contribution in [0.1, 0.15) is 19.8 Å². The number of amides is 1. The fraction of sp³-hybridized carbons (Fsp3) is 0.455. The molecule has 1 aromatic heterocycles. The first kappa shape index (κ1) is 9.96. The van der Waals surface area contributed by atoms with Crippen LogP contribution in [0.5, 0.6) is 0 Å². The Morgan fingerprint density at radius 1 is 1.53 bits per heavy atom. The molecule has 1 aliphatic rings. The highest BCUT2D eigenvalue weighted by molar-refractivity contribution is 5.90. The van der Waals surface area contributed by atoms with Gasteiger partial charge in [-0.05, 0) is 25.0 Å². The lowest BCUT2D eigenvalue weighted by atomic mass is 10.3. The van der Waals surface area contributed by atoms with Gasteiger partial charge in [0.05, 0.1) is 11.9 Å². The van der Waals surface area contributed by atoms with Crippen molar-refractivity contribution in [3.05, 3.63) is 18.3 Å². The summed E-state index contributed by atoms with van der Waals surface area (Å²) in [5.74, 6) is 0.901. The third kappa shape index (κ3) is 2.46. The Morgan fingerprint density at radius 2 is 2.27 bits per heavy atom. The average Bonchev–Trinajstić information content (AvgIpc) is 3.02. The van der Waals surface area contributed by atoms with Gasteiger partial charge in [-0.1, -0.05) is 0 Å². The second kappa shape index (κ2) is 3.88. The molecule has 0 radical (unpaired) electrons. The van der Waals surface area contributed by atoms with E-state index in [2.05, 4.69) is 10.3 Å². The molecule has 0 bridgehead atoms. The molecule has 2 rings (SSSR count). The highest BCUT2D eigenvalue weighted by atomic mass is 16.2. The lowest BCUT2D eigenvalue weighted by molar-refractivity contribution is -0.116. The van der Waals surface area contributed by atoms with E-state index in [0.29, 0.717) is 6.04 Å². The number of aromatic nitrogens is 1. The van der Waals surface area contributed by atoms with Crippen molar-refractivity contribution in [1.29, 1.82) is 0 Å². The highest BCUT2D eigenvalue weighted by Crippen LogP contribution is 2.24. The summed E-state index contributed by atoms with van der Waals surface area (Å²) < 4.78 is 0. The quantitative estimate of drug-likeness (QED) is 0.815. The van der Waals surface area contributed by atoms with Crippen molar-refractivity contribution in [2.75, 3.05) is 17.3 Å². The van der Waals surface area contributed by atoms with Gasteiger partial charge in [0.1, 0.15) is 5.82 Å². The van der Waals surface area contributed by atoms with Crippen molar-refractivity contribution >= 4 is 17.4 Å². The number of pyridine rings is 1. The number of carbonyl (C=O) groups is 1. The summed E-state index contributed by atoms with van der Waals surface area (Å²) in [5.41, 5.74) is 0.823. The number of nitrogens with zero attached hydrogens (tertiary/aromatic N) is 2. The second-order valence-corrected chi connectivity index (χ2v) is 3.90. The van der Waals surface area contributed by atoms with Crippen molar-refractivity contribution < 1.29 is 4.79 Å². The normalized spacial score (nSPS) is 14.8. The molecule has 15 heavy (non-hydrogen) atoms. The number of hydrogen-bond acceptors (Lipinski definition) is 3. The molecule has 1 N–H and O–H groups in total. The zero-order valence-electron chi connectivity index (χ0n) is 9.03. The van der Waals surface area contributed by atoms with Gasteiger partial charge < -0.3 is 10.2 Å². The molecule has 4 nitrogen and oxygen atoms in total. The van der Waals surface area contributed by atoms with Crippen molar-refractivity contribution in [2.24, 2.45) is 0 Å². The average molecular weight is 205 g/mol. The molecule has 4 heteroatoms. The molecule has 1 amide bonds. The molecule has 1 fully saturated rings. The van der Waals surface area contributed by atoms with E-state index in [9.17, 15) is 4.79 Å². The maximum absolute atomic E-state index is 11.1. The van der Waals surface area contributed by atoms with Crippen LogP contribution in [-0.2, 0) is 4.79 Å². The summed E-state index contributed by atoms with van der Waals surface area (Å²) >= 11 is 0. The zero-order valence-corrected chi connectivity index (χ0v) is 9.03. The third-order valence-electron chi connectivity index (χ3n) is 2.54. The van der Waals surface area contributed by atoms with E-state index in [4.69, 9.17) is 0 Å². The molecule has 0 aromatic carbocycles. The largest absolute Gasteiger partial charge is 0.367 e. The van der Waals surface area contributed by atoms with E-state index in [1.165, 1.54) is 19.8 Å². The Bertz CT molecular complexity index is 357. The SMILES string of the molecule is CC(=O)N(C)c1ccc(NC2CC2)nc1. The minimum atomic E-state index is 0.0136. The Balaban J connectivity index is 2.05. The van der Waals surface area contributed by atoms with Gasteiger partial charge in [0.25, 0.3) is 0 Å². The van der Waals surface area contributed by atoms with Gasteiger partial charge in [-0.2, -0.15) is 0 Å². The maximum Gasteiger partial charge on any atom is 0.223 e. The molecule has 0 spiro atoms. The zero-order chi connectivity index (χ0) is 10.8. The van der Waals surface area contributed by atoms with Gasteiger partial charge in [0.2, 0.25) is 5.91 Å². The van der Waals surface area contributed by atoms with Crippen LogP contribution in [0.15, 0.2) is 18.3 Å². The predicted molar refractivity (Wildman–Crippen MR) is 60.0 cm³/mol. The molecular formula is C11H15N3O. The van der Waals surface area contributed by atoms with Crippen LogP contribution >= 0.6 is 0 Å². The van der Waals surface area contributed by atoms with Crippen molar-refractivity contribution in [1.82, 2.24) is 4.98 Å². The third-order valence-corrected chi connectivity index (χ3v) is 2.54. The molecule has 80 valence electrons. The lowest BCUT2D eigenvalue weighted by Gasteiger charge is -2.14. The summed E-state index contributed by atoms with van der Waals surface area (Å²) in [6.07, 6.45) is 4.18. The number of hydrogen-bond donors (Lipinski definition) is 1. The first-order valence-electron chi connectivity index (χ1n) is 5.13. The van der Waals surface area contributed by atoms with Gasteiger partial charge in [-0.15, -0.1) is 0 Å². The van der Waals surface area contributed by atoms with Gasteiger partial charge in [0, 0.05) is 20.0 Å². The van der Waals surface area contributed by atoms with Crippen molar-refractivity contribution in [3.63, 3.8) is 0 Å². The molecule has 0 unspecified atom stereocenters.